The van der Waals surface area contributed by atoms with Crippen LogP contribution in [0.15, 0.2) is 65.5 Å². The summed E-state index contributed by atoms with van der Waals surface area (Å²) in [5, 5.41) is 5.40. The van der Waals surface area contributed by atoms with Crippen molar-refractivity contribution in [1.29, 1.82) is 0 Å². The Morgan fingerprint density at radius 3 is 2.27 bits per heavy atom. The Kier molecular flexibility index (Phi) is 6.91. The summed E-state index contributed by atoms with van der Waals surface area (Å²) in [4.78, 5) is 20.5. The van der Waals surface area contributed by atoms with Crippen molar-refractivity contribution in [1.82, 2.24) is 19.5 Å². The number of aromatic nitrogens is 3. The molecule has 0 bridgehead atoms. The van der Waals surface area contributed by atoms with Crippen LogP contribution in [-0.4, -0.2) is 26.1 Å². The Morgan fingerprint density at radius 2 is 1.64 bits per heavy atom. The van der Waals surface area contributed by atoms with Crippen molar-refractivity contribution in [3.63, 3.8) is 0 Å². The molecule has 2 aromatic heterocycles. The van der Waals surface area contributed by atoms with Gasteiger partial charge in [-0.15, -0.1) is 0 Å². The van der Waals surface area contributed by atoms with Gasteiger partial charge in [-0.05, 0) is 30.2 Å². The average Bonchev–Trinajstić information content (AvgIpc) is 3.21. The first-order valence-corrected chi connectivity index (χ1v) is 12.0. The topological polar surface area (TPSA) is 59.7 Å². The van der Waals surface area contributed by atoms with Gasteiger partial charge in [-0.2, -0.15) is 9.61 Å². The predicted octanol–water partition coefficient (Wildman–Crippen LogP) is 5.05. The standard InChI is InChI=1S/C26H30N4O2S/c1-5-32-22-13-11-20(12-14-22)17-29(16-19-9-7-6-8-10-19)18-21-15-23(31)30-25(27-21)33-24(28-30)26(2,3)4/h6-15H,5,16-18H2,1-4H3. The summed E-state index contributed by atoms with van der Waals surface area (Å²) in [6, 6.07) is 20.1. The number of benzene rings is 2. The van der Waals surface area contributed by atoms with Gasteiger partial charge in [0, 0.05) is 31.1 Å². The molecule has 0 aliphatic heterocycles. The van der Waals surface area contributed by atoms with E-state index in [9.17, 15) is 4.79 Å². The molecule has 6 nitrogen and oxygen atoms in total. The number of hydrogen-bond donors (Lipinski definition) is 0. The van der Waals surface area contributed by atoms with Crippen LogP contribution in [0.5, 0.6) is 5.75 Å². The third-order valence-corrected chi connectivity index (χ3v) is 6.55. The maximum atomic E-state index is 12.8. The van der Waals surface area contributed by atoms with E-state index < -0.39 is 0 Å². The molecule has 0 aliphatic carbocycles. The molecule has 0 N–H and O–H groups in total. The SMILES string of the molecule is CCOc1ccc(CN(Cc2ccccc2)Cc2cc(=O)n3nc(C(C)(C)C)sc3n2)cc1. The van der Waals surface area contributed by atoms with Crippen molar-refractivity contribution >= 4 is 16.3 Å². The van der Waals surface area contributed by atoms with E-state index >= 15 is 0 Å². The van der Waals surface area contributed by atoms with Crippen molar-refractivity contribution in [2.24, 2.45) is 0 Å². The Bertz CT molecular complexity index is 1260. The van der Waals surface area contributed by atoms with Crippen LogP contribution in [0.3, 0.4) is 0 Å². The van der Waals surface area contributed by atoms with Gasteiger partial charge >= 0.3 is 0 Å². The summed E-state index contributed by atoms with van der Waals surface area (Å²) in [5.41, 5.74) is 2.89. The van der Waals surface area contributed by atoms with Crippen LogP contribution in [0, 0.1) is 0 Å². The first kappa shape index (κ1) is 23.1. The smallest absolute Gasteiger partial charge is 0.275 e. The number of rotatable bonds is 8. The van der Waals surface area contributed by atoms with E-state index in [2.05, 4.69) is 55.0 Å². The van der Waals surface area contributed by atoms with E-state index in [1.807, 2.05) is 37.3 Å². The number of ether oxygens (including phenoxy) is 1. The molecule has 0 unspecified atom stereocenters. The van der Waals surface area contributed by atoms with Crippen LogP contribution < -0.4 is 10.3 Å². The van der Waals surface area contributed by atoms with E-state index in [0.717, 1.165) is 29.5 Å². The molecule has 172 valence electrons. The molecule has 2 heterocycles. The zero-order valence-electron chi connectivity index (χ0n) is 19.6. The van der Waals surface area contributed by atoms with E-state index in [4.69, 9.17) is 9.72 Å². The van der Waals surface area contributed by atoms with Crippen LogP contribution in [0.1, 0.15) is 49.5 Å². The fourth-order valence-electron chi connectivity index (χ4n) is 3.59. The molecule has 0 amide bonds. The highest BCUT2D eigenvalue weighted by molar-refractivity contribution is 7.16. The third-order valence-electron chi connectivity index (χ3n) is 5.21. The molecule has 0 fully saturated rings. The molecule has 0 atom stereocenters. The highest BCUT2D eigenvalue weighted by atomic mass is 32.1. The van der Waals surface area contributed by atoms with Crippen molar-refractivity contribution < 1.29 is 4.74 Å². The molecule has 4 rings (SSSR count). The van der Waals surface area contributed by atoms with Gasteiger partial charge in [0.1, 0.15) is 10.8 Å². The van der Waals surface area contributed by atoms with Gasteiger partial charge in [-0.3, -0.25) is 9.69 Å². The minimum Gasteiger partial charge on any atom is -0.494 e. The fourth-order valence-corrected chi connectivity index (χ4v) is 4.58. The van der Waals surface area contributed by atoms with E-state index in [1.54, 1.807) is 6.07 Å². The summed E-state index contributed by atoms with van der Waals surface area (Å²) in [6.07, 6.45) is 0. The monoisotopic (exact) mass is 462 g/mol. The molecule has 0 saturated heterocycles. The summed E-state index contributed by atoms with van der Waals surface area (Å²) >= 11 is 1.48. The lowest BCUT2D eigenvalue weighted by molar-refractivity contribution is 0.244. The molecule has 7 heteroatoms. The van der Waals surface area contributed by atoms with Gasteiger partial charge in [0.2, 0.25) is 4.96 Å². The quantitative estimate of drug-likeness (QED) is 0.367. The van der Waals surface area contributed by atoms with Gasteiger partial charge in [-0.1, -0.05) is 74.6 Å². The zero-order chi connectivity index (χ0) is 23.4. The van der Waals surface area contributed by atoms with E-state index in [1.165, 1.54) is 27.0 Å². The summed E-state index contributed by atoms with van der Waals surface area (Å²) in [7, 11) is 0. The lowest BCUT2D eigenvalue weighted by atomic mass is 9.98. The van der Waals surface area contributed by atoms with Gasteiger partial charge in [0.25, 0.3) is 5.56 Å². The second kappa shape index (κ2) is 9.85. The second-order valence-electron chi connectivity index (χ2n) is 9.15. The maximum Gasteiger partial charge on any atom is 0.275 e. The van der Waals surface area contributed by atoms with Crippen LogP contribution in [0.25, 0.3) is 4.96 Å². The first-order chi connectivity index (χ1) is 15.8. The highest BCUT2D eigenvalue weighted by Crippen LogP contribution is 2.26. The first-order valence-electron chi connectivity index (χ1n) is 11.2. The number of fused-ring (bicyclic) bond motifs is 1. The van der Waals surface area contributed by atoms with E-state index in [-0.39, 0.29) is 11.0 Å². The minimum atomic E-state index is -0.137. The third kappa shape index (κ3) is 5.86. The number of hydrogen-bond acceptors (Lipinski definition) is 6. The van der Waals surface area contributed by atoms with Gasteiger partial charge in [-0.25, -0.2) is 4.98 Å². The molecule has 0 radical (unpaired) electrons. The van der Waals surface area contributed by atoms with E-state index in [0.29, 0.717) is 18.1 Å². The maximum absolute atomic E-state index is 12.8. The van der Waals surface area contributed by atoms with Crippen molar-refractivity contribution in [3.8, 4) is 5.75 Å². The Morgan fingerprint density at radius 1 is 0.970 bits per heavy atom. The summed E-state index contributed by atoms with van der Waals surface area (Å²) in [6.45, 7) is 11.0. The Hall–Kier alpha value is -3.03. The molecule has 33 heavy (non-hydrogen) atoms. The molecule has 2 aromatic carbocycles. The molecule has 0 spiro atoms. The van der Waals surface area contributed by atoms with Crippen LogP contribution in [0.2, 0.25) is 0 Å². The lowest BCUT2D eigenvalue weighted by Crippen LogP contribution is -2.25. The Balaban J connectivity index is 1.61. The zero-order valence-corrected chi connectivity index (χ0v) is 20.4. The summed E-state index contributed by atoms with van der Waals surface area (Å²) < 4.78 is 6.99. The molecular formula is C26H30N4O2S. The largest absolute Gasteiger partial charge is 0.494 e. The molecule has 0 saturated carbocycles. The molecule has 4 aromatic rings. The fraction of sp³-hybridized carbons (Fsp3) is 0.346. The van der Waals surface area contributed by atoms with Gasteiger partial charge in [0.15, 0.2) is 0 Å². The molecule has 0 aliphatic rings. The highest BCUT2D eigenvalue weighted by Gasteiger charge is 2.21. The second-order valence-corrected chi connectivity index (χ2v) is 10.1. The average molecular weight is 463 g/mol. The van der Waals surface area contributed by atoms with Crippen LogP contribution in [0.4, 0.5) is 0 Å². The van der Waals surface area contributed by atoms with Gasteiger partial charge < -0.3 is 4.74 Å². The normalized spacial score (nSPS) is 11.9. The van der Waals surface area contributed by atoms with Gasteiger partial charge in [0.05, 0.1) is 12.3 Å². The Labute approximate surface area is 198 Å². The molecular weight excluding hydrogens is 432 g/mol. The van der Waals surface area contributed by atoms with Crippen molar-refractivity contribution in [2.45, 2.75) is 52.7 Å². The minimum absolute atomic E-state index is 0.127. The predicted molar refractivity (Wildman–Crippen MR) is 133 cm³/mol. The number of nitrogens with zero attached hydrogens (tertiary/aromatic N) is 4. The summed E-state index contributed by atoms with van der Waals surface area (Å²) in [5.74, 6) is 0.871. The van der Waals surface area contributed by atoms with Crippen molar-refractivity contribution in [3.05, 3.63) is 92.8 Å². The van der Waals surface area contributed by atoms with Crippen LogP contribution in [-0.2, 0) is 25.0 Å². The van der Waals surface area contributed by atoms with Crippen molar-refractivity contribution in [2.75, 3.05) is 6.61 Å². The lowest BCUT2D eigenvalue weighted by Gasteiger charge is -2.22. The van der Waals surface area contributed by atoms with Crippen LogP contribution >= 0.6 is 11.3 Å².